The summed E-state index contributed by atoms with van der Waals surface area (Å²) in [6.07, 6.45) is 0. The van der Waals surface area contributed by atoms with Gasteiger partial charge in [0.05, 0.1) is 0 Å². The van der Waals surface area contributed by atoms with Crippen molar-refractivity contribution in [3.63, 3.8) is 0 Å². The van der Waals surface area contributed by atoms with Crippen LogP contribution in [0.5, 0.6) is 0 Å². The molecular formula is C14H15NO6S2. The summed E-state index contributed by atoms with van der Waals surface area (Å²) in [5.74, 6) is -0.828. The highest BCUT2D eigenvalue weighted by Crippen LogP contribution is 2.08. The standard InChI is InChI=1S/C14H15NO6S2/c16-22(17,11-13-7-3-1-4-8-13)20-15-21-23(18,19)12-14-9-5-2-6-10-14/h1-10,15H,11-12H2. The second-order valence-electron chi connectivity index (χ2n) is 4.63. The van der Waals surface area contributed by atoms with E-state index >= 15 is 0 Å². The van der Waals surface area contributed by atoms with Crippen molar-refractivity contribution < 1.29 is 25.4 Å². The van der Waals surface area contributed by atoms with Gasteiger partial charge in [-0.05, 0) is 16.8 Å². The molecule has 9 heteroatoms. The molecule has 1 N–H and O–H groups in total. The molecule has 0 aliphatic heterocycles. The van der Waals surface area contributed by atoms with Crippen molar-refractivity contribution in [2.75, 3.05) is 0 Å². The van der Waals surface area contributed by atoms with E-state index in [0.29, 0.717) is 11.1 Å². The van der Waals surface area contributed by atoms with Crippen LogP contribution in [0.1, 0.15) is 11.1 Å². The molecule has 0 saturated heterocycles. The Labute approximate surface area is 135 Å². The third kappa shape index (κ3) is 6.47. The van der Waals surface area contributed by atoms with E-state index in [2.05, 4.69) is 8.57 Å². The van der Waals surface area contributed by atoms with Gasteiger partial charge in [-0.25, -0.2) is 0 Å². The number of nitrogens with one attached hydrogen (secondary N) is 1. The van der Waals surface area contributed by atoms with Gasteiger partial charge in [0.1, 0.15) is 11.5 Å². The minimum absolute atomic E-state index is 0.414. The van der Waals surface area contributed by atoms with Crippen LogP contribution in [-0.2, 0) is 40.3 Å². The molecule has 0 atom stereocenters. The van der Waals surface area contributed by atoms with Crippen molar-refractivity contribution in [1.82, 2.24) is 5.64 Å². The zero-order valence-electron chi connectivity index (χ0n) is 12.0. The lowest BCUT2D eigenvalue weighted by molar-refractivity contribution is -0.00760. The average molecular weight is 357 g/mol. The molecule has 124 valence electrons. The van der Waals surface area contributed by atoms with Gasteiger partial charge in [0.15, 0.2) is 0 Å². The van der Waals surface area contributed by atoms with Gasteiger partial charge in [-0.1, -0.05) is 60.7 Å². The van der Waals surface area contributed by atoms with Gasteiger partial charge in [-0.2, -0.15) is 25.4 Å². The Bertz CT molecular complexity index is 749. The molecule has 0 saturated carbocycles. The van der Waals surface area contributed by atoms with E-state index in [-0.39, 0.29) is 0 Å². The van der Waals surface area contributed by atoms with Gasteiger partial charge in [0, 0.05) is 0 Å². The smallest absolute Gasteiger partial charge is 0.197 e. The second-order valence-corrected chi connectivity index (χ2v) is 7.77. The van der Waals surface area contributed by atoms with Crippen LogP contribution in [0.4, 0.5) is 0 Å². The summed E-state index contributed by atoms with van der Waals surface area (Å²) in [4.78, 5) is 0. The number of hydrogen-bond acceptors (Lipinski definition) is 7. The van der Waals surface area contributed by atoms with Crippen molar-refractivity contribution in [3.05, 3.63) is 71.8 Å². The zero-order chi connectivity index (χ0) is 16.8. The fourth-order valence-corrected chi connectivity index (χ4v) is 3.37. The maximum absolute atomic E-state index is 11.7. The molecule has 0 amide bonds. The van der Waals surface area contributed by atoms with Crippen LogP contribution in [0.25, 0.3) is 0 Å². The van der Waals surface area contributed by atoms with Gasteiger partial charge in [-0.15, -0.1) is 0 Å². The first-order valence-electron chi connectivity index (χ1n) is 6.51. The predicted molar refractivity (Wildman–Crippen MR) is 83.4 cm³/mol. The van der Waals surface area contributed by atoms with E-state index in [1.807, 2.05) is 0 Å². The van der Waals surface area contributed by atoms with Crippen molar-refractivity contribution in [2.45, 2.75) is 11.5 Å². The second kappa shape index (κ2) is 7.66. The Morgan fingerprint density at radius 2 is 1.00 bits per heavy atom. The Morgan fingerprint density at radius 3 is 1.35 bits per heavy atom. The molecule has 0 fully saturated rings. The lowest BCUT2D eigenvalue weighted by Crippen LogP contribution is -2.25. The maximum Gasteiger partial charge on any atom is 0.289 e. The van der Waals surface area contributed by atoms with Crippen LogP contribution in [-0.4, -0.2) is 16.8 Å². The lowest BCUT2D eigenvalue weighted by Gasteiger charge is -2.07. The van der Waals surface area contributed by atoms with Crippen molar-refractivity contribution in [2.24, 2.45) is 0 Å². The molecule has 23 heavy (non-hydrogen) atoms. The SMILES string of the molecule is O=S(=O)(Cc1ccccc1)ONOS(=O)(=O)Cc1ccccc1. The zero-order valence-corrected chi connectivity index (χ0v) is 13.6. The van der Waals surface area contributed by atoms with Gasteiger partial charge in [0.2, 0.25) is 0 Å². The topological polar surface area (TPSA) is 98.8 Å². The van der Waals surface area contributed by atoms with Crippen LogP contribution in [0.2, 0.25) is 0 Å². The van der Waals surface area contributed by atoms with Gasteiger partial charge in [-0.3, -0.25) is 0 Å². The van der Waals surface area contributed by atoms with Gasteiger partial charge >= 0.3 is 0 Å². The predicted octanol–water partition coefficient (Wildman–Crippen LogP) is 1.50. The molecule has 2 aromatic rings. The minimum atomic E-state index is -4.03. The summed E-state index contributed by atoms with van der Waals surface area (Å²) in [6.45, 7) is 0. The highest BCUT2D eigenvalue weighted by atomic mass is 32.2. The number of benzene rings is 2. The first kappa shape index (κ1) is 17.6. The first-order chi connectivity index (χ1) is 10.9. The largest absolute Gasteiger partial charge is 0.289 e. The Morgan fingerprint density at radius 1 is 0.652 bits per heavy atom. The molecule has 0 spiro atoms. The summed E-state index contributed by atoms with van der Waals surface area (Å²) in [5, 5.41) is 0. The van der Waals surface area contributed by atoms with Crippen LogP contribution < -0.4 is 5.64 Å². The van der Waals surface area contributed by atoms with E-state index in [9.17, 15) is 16.8 Å². The quantitative estimate of drug-likeness (QED) is 0.715. The van der Waals surface area contributed by atoms with E-state index in [0.717, 1.165) is 0 Å². The van der Waals surface area contributed by atoms with Crippen LogP contribution in [0.3, 0.4) is 0 Å². The Hall–Kier alpha value is -1.78. The highest BCUT2D eigenvalue weighted by molar-refractivity contribution is 7.86. The van der Waals surface area contributed by atoms with Crippen LogP contribution in [0, 0.1) is 0 Å². The van der Waals surface area contributed by atoms with Crippen LogP contribution >= 0.6 is 0 Å². The minimum Gasteiger partial charge on any atom is -0.197 e. The molecule has 0 bridgehead atoms. The van der Waals surface area contributed by atoms with Crippen molar-refractivity contribution in [1.29, 1.82) is 0 Å². The fourth-order valence-electron chi connectivity index (χ4n) is 1.73. The molecule has 2 aromatic carbocycles. The van der Waals surface area contributed by atoms with Crippen LogP contribution in [0.15, 0.2) is 60.7 Å². The molecule has 0 aliphatic carbocycles. The maximum atomic E-state index is 11.7. The summed E-state index contributed by atoms with van der Waals surface area (Å²) in [6, 6.07) is 16.6. The Kier molecular flexibility index (Phi) is 5.85. The van der Waals surface area contributed by atoms with E-state index in [1.54, 1.807) is 60.7 Å². The molecule has 0 aliphatic rings. The van der Waals surface area contributed by atoms with E-state index < -0.39 is 31.7 Å². The van der Waals surface area contributed by atoms with E-state index in [1.165, 1.54) is 5.64 Å². The Balaban J connectivity index is 1.86. The molecule has 7 nitrogen and oxygen atoms in total. The van der Waals surface area contributed by atoms with Crippen molar-refractivity contribution in [3.8, 4) is 0 Å². The highest BCUT2D eigenvalue weighted by Gasteiger charge is 2.17. The third-order valence-electron chi connectivity index (χ3n) is 2.69. The molecule has 0 radical (unpaired) electrons. The summed E-state index contributed by atoms with van der Waals surface area (Å²) in [5.41, 5.74) is 2.53. The van der Waals surface area contributed by atoms with Gasteiger partial charge < -0.3 is 0 Å². The third-order valence-corrected chi connectivity index (χ3v) is 4.71. The first-order valence-corrected chi connectivity index (χ1v) is 9.67. The normalized spacial score (nSPS) is 12.2. The van der Waals surface area contributed by atoms with Crippen molar-refractivity contribution >= 4 is 20.2 Å². The van der Waals surface area contributed by atoms with Gasteiger partial charge in [0.25, 0.3) is 20.2 Å². The molecule has 0 unspecified atom stereocenters. The average Bonchev–Trinajstić information content (AvgIpc) is 2.47. The number of rotatable bonds is 8. The summed E-state index contributed by atoms with van der Waals surface area (Å²) in [7, 11) is -8.06. The summed E-state index contributed by atoms with van der Waals surface area (Å²) >= 11 is 0. The van der Waals surface area contributed by atoms with E-state index in [4.69, 9.17) is 0 Å². The molecule has 2 rings (SSSR count). The fraction of sp³-hybridized carbons (Fsp3) is 0.143. The lowest BCUT2D eigenvalue weighted by atomic mass is 10.2. The monoisotopic (exact) mass is 357 g/mol. The molecule has 0 aromatic heterocycles. The molecule has 0 heterocycles. The number of hydrogen-bond donors (Lipinski definition) is 1. The summed E-state index contributed by atoms with van der Waals surface area (Å²) < 4.78 is 55.4. The molecular weight excluding hydrogens is 342 g/mol.